The van der Waals surface area contributed by atoms with Gasteiger partial charge in [0.15, 0.2) is 0 Å². The topological polar surface area (TPSA) is 67.4 Å². The maximum absolute atomic E-state index is 12.0. The normalized spacial score (nSPS) is 15.8. The molecule has 0 aliphatic heterocycles. The Labute approximate surface area is 156 Å². The van der Waals surface area contributed by atoms with Crippen LogP contribution in [0.3, 0.4) is 0 Å². The van der Waals surface area contributed by atoms with Gasteiger partial charge in [-0.2, -0.15) is 0 Å². The Bertz CT molecular complexity index is 601. The van der Waals surface area contributed by atoms with Crippen molar-refractivity contribution in [3.8, 4) is 0 Å². The minimum absolute atomic E-state index is 0.0122. The van der Waals surface area contributed by atoms with E-state index in [1.165, 1.54) is 30.4 Å². The SMILES string of the molecule is CCCCCCOC(=O)Nc1ccc2c(c1)C(CCNC(C)=O)CCC2. The van der Waals surface area contributed by atoms with Crippen LogP contribution in [0, 0.1) is 0 Å². The summed E-state index contributed by atoms with van der Waals surface area (Å²) in [6.45, 7) is 4.87. The second-order valence-corrected chi connectivity index (χ2v) is 7.10. The van der Waals surface area contributed by atoms with Gasteiger partial charge < -0.3 is 10.1 Å². The second kappa shape index (κ2) is 10.8. The van der Waals surface area contributed by atoms with E-state index in [9.17, 15) is 9.59 Å². The molecule has 1 aromatic carbocycles. The van der Waals surface area contributed by atoms with Crippen LogP contribution < -0.4 is 10.6 Å². The van der Waals surface area contributed by atoms with Crippen molar-refractivity contribution in [2.24, 2.45) is 0 Å². The number of aryl methyl sites for hydroxylation is 1. The lowest BCUT2D eigenvalue weighted by atomic mass is 9.81. The number of unbranched alkanes of at least 4 members (excludes halogenated alkanes) is 3. The molecule has 1 unspecified atom stereocenters. The number of carbonyl (C=O) groups excluding carboxylic acids is 2. The van der Waals surface area contributed by atoms with Crippen LogP contribution >= 0.6 is 0 Å². The van der Waals surface area contributed by atoms with Crippen LogP contribution in [0.1, 0.15) is 75.8 Å². The van der Waals surface area contributed by atoms with E-state index < -0.39 is 0 Å². The highest BCUT2D eigenvalue weighted by molar-refractivity contribution is 5.84. The number of fused-ring (bicyclic) bond motifs is 1. The summed E-state index contributed by atoms with van der Waals surface area (Å²) in [5.74, 6) is 0.440. The van der Waals surface area contributed by atoms with Crippen LogP contribution in [0.15, 0.2) is 18.2 Å². The Morgan fingerprint density at radius 1 is 1.23 bits per heavy atom. The molecular weight excluding hydrogens is 328 g/mol. The molecule has 2 N–H and O–H groups in total. The Balaban J connectivity index is 1.88. The van der Waals surface area contributed by atoms with Crippen LogP contribution in [0.5, 0.6) is 0 Å². The Kier molecular flexibility index (Phi) is 8.45. The van der Waals surface area contributed by atoms with Gasteiger partial charge in [-0.05, 0) is 61.3 Å². The molecular formula is C21H32N2O3. The first-order valence-corrected chi connectivity index (χ1v) is 9.91. The highest BCUT2D eigenvalue weighted by Crippen LogP contribution is 2.35. The van der Waals surface area contributed by atoms with Gasteiger partial charge in [-0.1, -0.05) is 32.3 Å². The molecule has 0 aromatic heterocycles. The molecule has 0 spiro atoms. The number of amides is 2. The maximum atomic E-state index is 12.0. The van der Waals surface area contributed by atoms with Crippen LogP contribution in [-0.2, 0) is 16.0 Å². The van der Waals surface area contributed by atoms with Gasteiger partial charge in [-0.15, -0.1) is 0 Å². The van der Waals surface area contributed by atoms with Gasteiger partial charge in [-0.25, -0.2) is 4.79 Å². The van der Waals surface area contributed by atoms with Gasteiger partial charge >= 0.3 is 6.09 Å². The Morgan fingerprint density at radius 3 is 2.85 bits per heavy atom. The summed E-state index contributed by atoms with van der Waals surface area (Å²) in [5, 5.41) is 5.73. The van der Waals surface area contributed by atoms with E-state index in [4.69, 9.17) is 4.74 Å². The average molecular weight is 360 g/mol. The molecule has 1 aromatic rings. The fourth-order valence-corrected chi connectivity index (χ4v) is 3.54. The smallest absolute Gasteiger partial charge is 0.411 e. The van der Waals surface area contributed by atoms with Crippen molar-refractivity contribution in [3.05, 3.63) is 29.3 Å². The van der Waals surface area contributed by atoms with Gasteiger partial charge in [0.05, 0.1) is 6.61 Å². The Morgan fingerprint density at radius 2 is 2.08 bits per heavy atom. The van der Waals surface area contributed by atoms with Crippen LogP contribution in [-0.4, -0.2) is 25.2 Å². The molecule has 0 heterocycles. The van der Waals surface area contributed by atoms with E-state index in [-0.39, 0.29) is 12.0 Å². The molecule has 0 saturated heterocycles. The molecule has 1 aliphatic rings. The second-order valence-electron chi connectivity index (χ2n) is 7.10. The number of ether oxygens (including phenoxy) is 1. The monoisotopic (exact) mass is 360 g/mol. The molecule has 144 valence electrons. The quantitative estimate of drug-likeness (QED) is 0.624. The molecule has 1 aliphatic carbocycles. The van der Waals surface area contributed by atoms with Gasteiger partial charge in [0, 0.05) is 19.2 Å². The first-order valence-electron chi connectivity index (χ1n) is 9.91. The van der Waals surface area contributed by atoms with E-state index >= 15 is 0 Å². The zero-order valence-corrected chi connectivity index (χ0v) is 16.1. The number of carbonyl (C=O) groups is 2. The third-order valence-electron chi connectivity index (χ3n) is 4.93. The summed E-state index contributed by atoms with van der Waals surface area (Å²) in [6.07, 6.45) is 8.27. The predicted octanol–water partition coefficient (Wildman–Crippen LogP) is 4.76. The molecule has 5 heteroatoms. The van der Waals surface area contributed by atoms with Crippen LogP contribution in [0.2, 0.25) is 0 Å². The van der Waals surface area contributed by atoms with E-state index in [2.05, 4.69) is 29.7 Å². The molecule has 2 amide bonds. The van der Waals surface area contributed by atoms with E-state index in [0.717, 1.165) is 37.8 Å². The van der Waals surface area contributed by atoms with Gasteiger partial charge in [0.2, 0.25) is 5.91 Å². The molecule has 0 saturated carbocycles. The summed E-state index contributed by atoms with van der Waals surface area (Å²) in [6, 6.07) is 6.13. The number of anilines is 1. The van der Waals surface area contributed by atoms with Crippen molar-refractivity contribution >= 4 is 17.7 Å². The molecule has 5 nitrogen and oxygen atoms in total. The molecule has 1 atom stereocenters. The summed E-state index contributed by atoms with van der Waals surface area (Å²) in [4.78, 5) is 23.0. The summed E-state index contributed by atoms with van der Waals surface area (Å²) in [7, 11) is 0. The minimum atomic E-state index is -0.382. The lowest BCUT2D eigenvalue weighted by Gasteiger charge is -2.26. The van der Waals surface area contributed by atoms with Gasteiger partial charge in [0.25, 0.3) is 0 Å². The molecule has 0 radical (unpaired) electrons. The van der Waals surface area contributed by atoms with Crippen molar-refractivity contribution in [2.45, 2.75) is 71.1 Å². The van der Waals surface area contributed by atoms with Crippen molar-refractivity contribution < 1.29 is 14.3 Å². The fraction of sp³-hybridized carbons (Fsp3) is 0.619. The largest absolute Gasteiger partial charge is 0.449 e. The van der Waals surface area contributed by atoms with Crippen molar-refractivity contribution in [1.29, 1.82) is 0 Å². The van der Waals surface area contributed by atoms with Crippen LogP contribution in [0.4, 0.5) is 10.5 Å². The number of rotatable bonds is 9. The minimum Gasteiger partial charge on any atom is -0.449 e. The maximum Gasteiger partial charge on any atom is 0.411 e. The molecule has 2 rings (SSSR count). The first-order chi connectivity index (χ1) is 12.6. The van der Waals surface area contributed by atoms with Crippen molar-refractivity contribution in [3.63, 3.8) is 0 Å². The first kappa shape index (κ1) is 20.3. The van der Waals surface area contributed by atoms with Crippen LogP contribution in [0.25, 0.3) is 0 Å². The highest BCUT2D eigenvalue weighted by atomic mass is 16.5. The third-order valence-corrected chi connectivity index (χ3v) is 4.93. The lowest BCUT2D eigenvalue weighted by molar-refractivity contribution is -0.118. The van der Waals surface area contributed by atoms with E-state index in [1.54, 1.807) is 6.92 Å². The molecule has 0 bridgehead atoms. The number of nitrogens with one attached hydrogen (secondary N) is 2. The lowest BCUT2D eigenvalue weighted by Crippen LogP contribution is -2.23. The summed E-state index contributed by atoms with van der Waals surface area (Å²) < 4.78 is 5.26. The van der Waals surface area contributed by atoms with Crippen molar-refractivity contribution in [1.82, 2.24) is 5.32 Å². The van der Waals surface area contributed by atoms with E-state index in [1.807, 2.05) is 6.07 Å². The highest BCUT2D eigenvalue weighted by Gasteiger charge is 2.20. The van der Waals surface area contributed by atoms with E-state index in [0.29, 0.717) is 19.1 Å². The number of benzene rings is 1. The predicted molar refractivity (Wildman–Crippen MR) is 105 cm³/mol. The van der Waals surface area contributed by atoms with Crippen molar-refractivity contribution in [2.75, 3.05) is 18.5 Å². The fourth-order valence-electron chi connectivity index (χ4n) is 3.54. The Hall–Kier alpha value is -2.04. The third kappa shape index (κ3) is 6.70. The zero-order chi connectivity index (χ0) is 18.8. The zero-order valence-electron chi connectivity index (χ0n) is 16.1. The number of hydrogen-bond donors (Lipinski definition) is 2. The average Bonchev–Trinajstić information content (AvgIpc) is 2.61. The van der Waals surface area contributed by atoms with Gasteiger partial charge in [0.1, 0.15) is 0 Å². The summed E-state index contributed by atoms with van der Waals surface area (Å²) >= 11 is 0. The standard InChI is InChI=1S/C21H32N2O3/c1-3-4-5-6-14-26-21(25)23-19-11-10-17-8-7-9-18(20(17)15-19)12-13-22-16(2)24/h10-11,15,18H,3-9,12-14H2,1-2H3,(H,22,24)(H,23,25). The van der Waals surface area contributed by atoms with Gasteiger partial charge in [-0.3, -0.25) is 10.1 Å². The molecule has 26 heavy (non-hydrogen) atoms. The summed E-state index contributed by atoms with van der Waals surface area (Å²) in [5.41, 5.74) is 3.43. The number of hydrogen-bond acceptors (Lipinski definition) is 3. The molecule has 0 fully saturated rings.